The minimum absolute atomic E-state index is 0.0943. The third kappa shape index (κ3) is 3.38. The Morgan fingerprint density at radius 2 is 1.88 bits per heavy atom. The molecule has 2 aliphatic heterocycles. The summed E-state index contributed by atoms with van der Waals surface area (Å²) in [5.41, 5.74) is 1.50. The maximum Gasteiger partial charge on any atom is 0.261 e. The Morgan fingerprint density at radius 1 is 1.12 bits per heavy atom. The molecule has 0 N–H and O–H groups in total. The lowest BCUT2D eigenvalue weighted by molar-refractivity contribution is -0.138. The first-order chi connectivity index (χ1) is 15.4. The van der Waals surface area contributed by atoms with Gasteiger partial charge in [-0.25, -0.2) is 4.98 Å². The first-order valence-corrected chi connectivity index (χ1v) is 10.9. The smallest absolute Gasteiger partial charge is 0.261 e. The lowest BCUT2D eigenvalue weighted by Crippen LogP contribution is -2.53. The van der Waals surface area contributed by atoms with Gasteiger partial charge in [0, 0.05) is 25.9 Å². The molecule has 7 nitrogen and oxygen atoms in total. The number of ketones is 1. The Bertz CT molecular complexity index is 1290. The van der Waals surface area contributed by atoms with Crippen LogP contribution in [0.5, 0.6) is 5.75 Å². The van der Waals surface area contributed by atoms with E-state index in [4.69, 9.17) is 4.74 Å². The zero-order valence-electron chi connectivity index (χ0n) is 18.2. The second kappa shape index (κ2) is 7.58. The quantitative estimate of drug-likeness (QED) is 0.622. The monoisotopic (exact) mass is 431 g/mol. The Balaban J connectivity index is 1.32. The van der Waals surface area contributed by atoms with Crippen LogP contribution in [0.15, 0.2) is 53.6 Å². The number of benzene rings is 2. The number of piperidine rings is 1. The molecule has 1 atom stereocenters. The van der Waals surface area contributed by atoms with E-state index >= 15 is 0 Å². The van der Waals surface area contributed by atoms with Crippen LogP contribution in [0.1, 0.15) is 48.1 Å². The number of para-hydroxylation sites is 1. The Hall–Kier alpha value is -3.48. The van der Waals surface area contributed by atoms with E-state index in [9.17, 15) is 14.4 Å². The summed E-state index contributed by atoms with van der Waals surface area (Å²) in [6.07, 6.45) is 2.93. The highest BCUT2D eigenvalue weighted by molar-refractivity contribution is 6.00. The van der Waals surface area contributed by atoms with Crippen LogP contribution in [0.4, 0.5) is 0 Å². The van der Waals surface area contributed by atoms with Gasteiger partial charge in [0.25, 0.3) is 5.56 Å². The van der Waals surface area contributed by atoms with Crippen LogP contribution in [0.2, 0.25) is 0 Å². The summed E-state index contributed by atoms with van der Waals surface area (Å²) in [5.74, 6) is 0.600. The van der Waals surface area contributed by atoms with Gasteiger partial charge in [-0.1, -0.05) is 23.8 Å². The number of rotatable bonds is 2. The number of hydrogen-bond donors (Lipinski definition) is 0. The number of Topliss-reactive ketones (excluding diaryl/α,β-unsaturated/α-hetero) is 1. The van der Waals surface area contributed by atoms with Crippen molar-refractivity contribution in [1.82, 2.24) is 14.5 Å². The van der Waals surface area contributed by atoms with Gasteiger partial charge in [0.2, 0.25) is 5.91 Å². The molecule has 1 fully saturated rings. The second-order valence-corrected chi connectivity index (χ2v) is 8.86. The van der Waals surface area contributed by atoms with Gasteiger partial charge in [-0.3, -0.25) is 19.0 Å². The van der Waals surface area contributed by atoms with Crippen LogP contribution in [-0.4, -0.2) is 44.8 Å². The summed E-state index contributed by atoms with van der Waals surface area (Å²) in [6, 6.07) is 12.1. The SMILES string of the molecule is Cc1ccc2c(c1)C(=O)CC1(CCN(C(=O)[C@@H](C)n3cnc4ccccc4c3=O)CC1)O2. The normalized spacial score (nSPS) is 18.3. The molecule has 1 aromatic heterocycles. The van der Waals surface area contributed by atoms with E-state index in [0.29, 0.717) is 54.6 Å². The molecule has 3 aromatic rings. The van der Waals surface area contributed by atoms with Gasteiger partial charge in [-0.05, 0) is 38.1 Å². The molecule has 0 radical (unpaired) electrons. The number of nitrogens with zero attached hydrogens (tertiary/aromatic N) is 3. The minimum Gasteiger partial charge on any atom is -0.486 e. The van der Waals surface area contributed by atoms with Gasteiger partial charge in [0.05, 0.1) is 29.2 Å². The molecular formula is C25H25N3O4. The summed E-state index contributed by atoms with van der Waals surface area (Å²) >= 11 is 0. The van der Waals surface area contributed by atoms with E-state index in [1.54, 1.807) is 30.0 Å². The first-order valence-electron chi connectivity index (χ1n) is 10.9. The van der Waals surface area contributed by atoms with E-state index in [2.05, 4.69) is 4.98 Å². The van der Waals surface area contributed by atoms with Crippen molar-refractivity contribution in [3.05, 3.63) is 70.3 Å². The number of amides is 1. The zero-order valence-corrected chi connectivity index (χ0v) is 18.2. The van der Waals surface area contributed by atoms with Crippen molar-refractivity contribution in [2.24, 2.45) is 0 Å². The molecule has 32 heavy (non-hydrogen) atoms. The second-order valence-electron chi connectivity index (χ2n) is 8.86. The van der Waals surface area contributed by atoms with Gasteiger partial charge in [-0.2, -0.15) is 0 Å². The van der Waals surface area contributed by atoms with Crippen molar-refractivity contribution < 1.29 is 14.3 Å². The van der Waals surface area contributed by atoms with E-state index < -0.39 is 11.6 Å². The summed E-state index contributed by atoms with van der Waals surface area (Å²) in [7, 11) is 0. The summed E-state index contributed by atoms with van der Waals surface area (Å²) in [4.78, 5) is 44.9. The molecule has 0 saturated carbocycles. The van der Waals surface area contributed by atoms with Gasteiger partial charge in [0.15, 0.2) is 5.78 Å². The van der Waals surface area contributed by atoms with Gasteiger partial charge in [-0.15, -0.1) is 0 Å². The molecule has 0 bridgehead atoms. The molecule has 164 valence electrons. The first kappa shape index (κ1) is 20.4. The number of aryl methyl sites for hydroxylation is 1. The van der Waals surface area contributed by atoms with Crippen LogP contribution >= 0.6 is 0 Å². The van der Waals surface area contributed by atoms with Gasteiger partial charge in [0.1, 0.15) is 17.4 Å². The average molecular weight is 431 g/mol. The fourth-order valence-electron chi connectivity index (χ4n) is 4.76. The number of aromatic nitrogens is 2. The van der Waals surface area contributed by atoms with Crippen LogP contribution < -0.4 is 10.3 Å². The maximum atomic E-state index is 13.2. The molecule has 0 unspecified atom stereocenters. The van der Waals surface area contributed by atoms with Crippen molar-refractivity contribution in [2.75, 3.05) is 13.1 Å². The van der Waals surface area contributed by atoms with Crippen molar-refractivity contribution in [3.8, 4) is 5.75 Å². The highest BCUT2D eigenvalue weighted by Crippen LogP contribution is 2.39. The van der Waals surface area contributed by atoms with Gasteiger partial charge < -0.3 is 9.64 Å². The molecule has 1 saturated heterocycles. The number of carbonyl (C=O) groups is 2. The predicted octanol–water partition coefficient (Wildman–Crippen LogP) is 3.29. The molecule has 2 aromatic carbocycles. The molecule has 7 heteroatoms. The standard InChI is InChI=1S/C25H25N3O4/c1-16-7-8-22-19(13-16)21(29)14-25(32-22)9-11-27(12-10-25)23(30)17(2)28-15-26-20-6-4-3-5-18(20)24(28)31/h3-8,13,15,17H,9-12,14H2,1-2H3/t17-/m1/s1. The Labute approximate surface area is 185 Å². The zero-order chi connectivity index (χ0) is 22.5. The van der Waals surface area contributed by atoms with E-state index in [-0.39, 0.29) is 17.2 Å². The molecule has 2 aliphatic rings. The summed E-state index contributed by atoms with van der Waals surface area (Å²) in [6.45, 7) is 4.64. The average Bonchev–Trinajstić information content (AvgIpc) is 2.80. The highest BCUT2D eigenvalue weighted by Gasteiger charge is 2.44. The van der Waals surface area contributed by atoms with Crippen molar-refractivity contribution in [3.63, 3.8) is 0 Å². The third-order valence-electron chi connectivity index (χ3n) is 6.70. The van der Waals surface area contributed by atoms with Crippen LogP contribution in [-0.2, 0) is 4.79 Å². The molecule has 1 amide bonds. The number of hydrogen-bond acceptors (Lipinski definition) is 5. The lowest BCUT2D eigenvalue weighted by atomic mass is 9.82. The van der Waals surface area contributed by atoms with Crippen molar-refractivity contribution >= 4 is 22.6 Å². The van der Waals surface area contributed by atoms with Crippen LogP contribution in [0, 0.1) is 6.92 Å². The predicted molar refractivity (Wildman–Crippen MR) is 120 cm³/mol. The van der Waals surface area contributed by atoms with E-state index in [1.165, 1.54) is 10.9 Å². The minimum atomic E-state index is -0.661. The summed E-state index contributed by atoms with van der Waals surface area (Å²) in [5, 5.41) is 0.496. The lowest BCUT2D eigenvalue weighted by Gasteiger charge is -2.44. The number of fused-ring (bicyclic) bond motifs is 2. The molecule has 1 spiro atoms. The van der Waals surface area contributed by atoms with Crippen molar-refractivity contribution in [2.45, 2.75) is 44.8 Å². The maximum absolute atomic E-state index is 13.2. The molecule has 5 rings (SSSR count). The topological polar surface area (TPSA) is 81.5 Å². The molecule has 3 heterocycles. The largest absolute Gasteiger partial charge is 0.486 e. The highest BCUT2D eigenvalue weighted by atomic mass is 16.5. The Kier molecular flexibility index (Phi) is 4.84. The number of carbonyl (C=O) groups excluding carboxylic acids is 2. The summed E-state index contributed by atoms with van der Waals surface area (Å²) < 4.78 is 7.70. The number of ether oxygens (including phenoxy) is 1. The molecular weight excluding hydrogens is 406 g/mol. The third-order valence-corrected chi connectivity index (χ3v) is 6.70. The van der Waals surface area contributed by atoms with Gasteiger partial charge >= 0.3 is 0 Å². The Morgan fingerprint density at radius 3 is 2.66 bits per heavy atom. The fourth-order valence-corrected chi connectivity index (χ4v) is 4.76. The fraction of sp³-hybridized carbons (Fsp3) is 0.360. The van der Waals surface area contributed by atoms with Crippen LogP contribution in [0.25, 0.3) is 10.9 Å². The van der Waals surface area contributed by atoms with E-state index in [0.717, 1.165) is 5.56 Å². The number of likely N-dealkylation sites (tertiary alicyclic amines) is 1. The van der Waals surface area contributed by atoms with Crippen LogP contribution in [0.3, 0.4) is 0 Å². The van der Waals surface area contributed by atoms with Crippen molar-refractivity contribution in [1.29, 1.82) is 0 Å². The molecule has 0 aliphatic carbocycles. The van der Waals surface area contributed by atoms with E-state index in [1.807, 2.05) is 31.2 Å².